The summed E-state index contributed by atoms with van der Waals surface area (Å²) in [6, 6.07) is 6.22. The van der Waals surface area contributed by atoms with Gasteiger partial charge >= 0.3 is 0 Å². The topological polar surface area (TPSA) is 38.0 Å². The van der Waals surface area contributed by atoms with Gasteiger partial charge in [-0.2, -0.15) is 0 Å². The zero-order valence-electron chi connectivity index (χ0n) is 8.17. The molecule has 1 aromatic carbocycles. The van der Waals surface area contributed by atoms with Crippen LogP contribution in [-0.2, 0) is 0 Å². The Balaban J connectivity index is 3.14. The Morgan fingerprint density at radius 2 is 2.14 bits per heavy atom. The number of nitrogens with two attached hydrogens (primary N) is 1. The van der Waals surface area contributed by atoms with Crippen molar-refractivity contribution in [2.75, 3.05) is 5.32 Å². The highest BCUT2D eigenvalue weighted by Crippen LogP contribution is 2.25. The van der Waals surface area contributed by atoms with Gasteiger partial charge in [0.05, 0.1) is 0 Å². The molecule has 14 heavy (non-hydrogen) atoms. The number of hydrogen-bond acceptors (Lipinski definition) is 2. The van der Waals surface area contributed by atoms with Crippen molar-refractivity contribution in [1.82, 2.24) is 0 Å². The minimum absolute atomic E-state index is 0.359. The van der Waals surface area contributed by atoms with Crippen molar-refractivity contribution in [3.63, 3.8) is 0 Å². The second-order valence-electron chi connectivity index (χ2n) is 3.33. The number of benzene rings is 1. The summed E-state index contributed by atoms with van der Waals surface area (Å²) in [5, 5.41) is 3.30. The smallest absolute Gasteiger partial charge is 0.107 e. The number of nitrogens with one attached hydrogen (secondary N) is 1. The fourth-order valence-corrected chi connectivity index (χ4v) is 2.14. The van der Waals surface area contributed by atoms with Gasteiger partial charge in [0.15, 0.2) is 0 Å². The molecule has 0 amide bonds. The molecule has 0 atom stereocenters. The molecule has 0 heterocycles. The predicted octanol–water partition coefficient (Wildman–Crippen LogP) is 2.90. The number of hydrogen-bond donors (Lipinski definition) is 2. The Labute approximate surface area is 98.0 Å². The first-order valence-corrected chi connectivity index (χ1v) is 5.57. The SMILES string of the molecule is CC(C)Nc1cccc(Br)c1C(N)=S. The minimum Gasteiger partial charge on any atom is -0.389 e. The molecule has 1 aromatic rings. The quantitative estimate of drug-likeness (QED) is 0.832. The van der Waals surface area contributed by atoms with Gasteiger partial charge in [-0.25, -0.2) is 0 Å². The maximum absolute atomic E-state index is 5.65. The second kappa shape index (κ2) is 4.75. The third kappa shape index (κ3) is 2.69. The van der Waals surface area contributed by atoms with Crippen molar-refractivity contribution in [3.8, 4) is 0 Å². The molecule has 2 nitrogen and oxygen atoms in total. The highest BCUT2D eigenvalue weighted by molar-refractivity contribution is 9.10. The number of anilines is 1. The van der Waals surface area contributed by atoms with E-state index in [-0.39, 0.29) is 0 Å². The van der Waals surface area contributed by atoms with E-state index in [1.54, 1.807) is 0 Å². The van der Waals surface area contributed by atoms with Crippen molar-refractivity contribution in [3.05, 3.63) is 28.2 Å². The number of halogens is 1. The summed E-state index contributed by atoms with van der Waals surface area (Å²) < 4.78 is 0.927. The first-order valence-electron chi connectivity index (χ1n) is 4.37. The Bertz CT molecular complexity index is 350. The summed E-state index contributed by atoms with van der Waals surface area (Å²) in [5.74, 6) is 0. The largest absolute Gasteiger partial charge is 0.389 e. The van der Waals surface area contributed by atoms with Gasteiger partial charge in [0.2, 0.25) is 0 Å². The molecule has 0 aromatic heterocycles. The molecule has 4 heteroatoms. The maximum atomic E-state index is 5.65. The van der Waals surface area contributed by atoms with E-state index in [0.29, 0.717) is 11.0 Å². The lowest BCUT2D eigenvalue weighted by Crippen LogP contribution is -2.17. The second-order valence-corrected chi connectivity index (χ2v) is 4.62. The molecule has 0 spiro atoms. The summed E-state index contributed by atoms with van der Waals surface area (Å²) >= 11 is 8.43. The maximum Gasteiger partial charge on any atom is 0.107 e. The Morgan fingerprint density at radius 1 is 1.50 bits per heavy atom. The van der Waals surface area contributed by atoms with Gasteiger partial charge < -0.3 is 11.1 Å². The van der Waals surface area contributed by atoms with Crippen LogP contribution in [0.4, 0.5) is 5.69 Å². The summed E-state index contributed by atoms with van der Waals surface area (Å²) in [5.41, 5.74) is 7.50. The van der Waals surface area contributed by atoms with E-state index < -0.39 is 0 Å². The van der Waals surface area contributed by atoms with Gasteiger partial charge in [0, 0.05) is 21.8 Å². The van der Waals surface area contributed by atoms with Crippen molar-refractivity contribution >= 4 is 38.8 Å². The minimum atomic E-state index is 0.359. The molecule has 76 valence electrons. The molecule has 0 unspecified atom stereocenters. The molecular weight excluding hydrogens is 260 g/mol. The standard InChI is InChI=1S/C10H13BrN2S/c1-6(2)13-8-5-3-4-7(11)9(8)10(12)14/h3-6,13H,1-2H3,(H2,12,14). The third-order valence-electron chi connectivity index (χ3n) is 1.70. The van der Waals surface area contributed by atoms with Crippen LogP contribution in [0.25, 0.3) is 0 Å². The lowest BCUT2D eigenvalue weighted by Gasteiger charge is -2.15. The summed E-state index contributed by atoms with van der Waals surface area (Å²) in [4.78, 5) is 0.403. The first-order chi connectivity index (χ1) is 6.52. The van der Waals surface area contributed by atoms with Crippen LogP contribution in [0, 0.1) is 0 Å². The highest BCUT2D eigenvalue weighted by atomic mass is 79.9. The van der Waals surface area contributed by atoms with Gasteiger partial charge in [0.1, 0.15) is 4.99 Å². The highest BCUT2D eigenvalue weighted by Gasteiger charge is 2.09. The zero-order chi connectivity index (χ0) is 10.7. The number of rotatable bonds is 3. The van der Waals surface area contributed by atoms with Gasteiger partial charge in [-0.15, -0.1) is 0 Å². The van der Waals surface area contributed by atoms with E-state index in [1.807, 2.05) is 18.2 Å². The van der Waals surface area contributed by atoms with Crippen LogP contribution < -0.4 is 11.1 Å². The lowest BCUT2D eigenvalue weighted by molar-refractivity contribution is 0.899. The van der Waals surface area contributed by atoms with Crippen LogP contribution in [-0.4, -0.2) is 11.0 Å². The van der Waals surface area contributed by atoms with Crippen LogP contribution in [0.2, 0.25) is 0 Å². The molecule has 3 N–H and O–H groups in total. The molecule has 0 saturated heterocycles. The molecule has 0 aliphatic heterocycles. The van der Waals surface area contributed by atoms with Crippen LogP contribution in [0.5, 0.6) is 0 Å². The van der Waals surface area contributed by atoms with Crippen molar-refractivity contribution in [2.45, 2.75) is 19.9 Å². The van der Waals surface area contributed by atoms with Crippen LogP contribution in [0.1, 0.15) is 19.4 Å². The first kappa shape index (κ1) is 11.5. The normalized spacial score (nSPS) is 10.3. The molecule has 0 fully saturated rings. The molecule has 0 saturated carbocycles. The zero-order valence-corrected chi connectivity index (χ0v) is 10.6. The van der Waals surface area contributed by atoms with Crippen LogP contribution in [0.3, 0.4) is 0 Å². The summed E-state index contributed by atoms with van der Waals surface area (Å²) in [6.07, 6.45) is 0. The third-order valence-corrected chi connectivity index (χ3v) is 2.57. The molecule has 0 radical (unpaired) electrons. The average Bonchev–Trinajstić information content (AvgIpc) is 2.01. The summed E-state index contributed by atoms with van der Waals surface area (Å²) in [7, 11) is 0. The van der Waals surface area contributed by atoms with Gasteiger partial charge in [-0.3, -0.25) is 0 Å². The fraction of sp³-hybridized carbons (Fsp3) is 0.300. The molecule has 1 rings (SSSR count). The number of thiocarbonyl (C=S) groups is 1. The predicted molar refractivity (Wildman–Crippen MR) is 68.8 cm³/mol. The monoisotopic (exact) mass is 272 g/mol. The van der Waals surface area contributed by atoms with E-state index in [4.69, 9.17) is 18.0 Å². The Kier molecular flexibility index (Phi) is 3.89. The van der Waals surface area contributed by atoms with Crippen molar-refractivity contribution in [1.29, 1.82) is 0 Å². The van der Waals surface area contributed by atoms with Gasteiger partial charge in [-0.05, 0) is 41.9 Å². The van der Waals surface area contributed by atoms with E-state index in [0.717, 1.165) is 15.7 Å². The van der Waals surface area contributed by atoms with E-state index in [2.05, 4.69) is 35.1 Å². The lowest BCUT2D eigenvalue weighted by atomic mass is 10.1. The van der Waals surface area contributed by atoms with E-state index >= 15 is 0 Å². The van der Waals surface area contributed by atoms with Crippen molar-refractivity contribution in [2.24, 2.45) is 5.73 Å². The van der Waals surface area contributed by atoms with Crippen LogP contribution in [0.15, 0.2) is 22.7 Å². The molecular formula is C10H13BrN2S. The summed E-state index contributed by atoms with van der Waals surface area (Å²) in [6.45, 7) is 4.15. The van der Waals surface area contributed by atoms with E-state index in [9.17, 15) is 0 Å². The Morgan fingerprint density at radius 3 is 2.64 bits per heavy atom. The van der Waals surface area contributed by atoms with Crippen LogP contribution >= 0.6 is 28.1 Å². The van der Waals surface area contributed by atoms with Crippen molar-refractivity contribution < 1.29 is 0 Å². The fourth-order valence-electron chi connectivity index (χ4n) is 1.21. The molecule has 0 aliphatic carbocycles. The van der Waals surface area contributed by atoms with Gasteiger partial charge in [-0.1, -0.05) is 18.3 Å². The molecule has 0 aliphatic rings. The van der Waals surface area contributed by atoms with E-state index in [1.165, 1.54) is 0 Å². The Hall–Kier alpha value is -0.610. The average molecular weight is 273 g/mol. The molecule has 0 bridgehead atoms. The van der Waals surface area contributed by atoms with Gasteiger partial charge in [0.25, 0.3) is 0 Å².